The lowest BCUT2D eigenvalue weighted by Gasteiger charge is -2.34. The molecule has 0 aliphatic carbocycles. The zero-order valence-electron chi connectivity index (χ0n) is 28.9. The first kappa shape index (κ1) is 29.3. The molecule has 0 spiro atoms. The Hall–Kier alpha value is -5.45. The van der Waals surface area contributed by atoms with Crippen molar-refractivity contribution in [2.24, 2.45) is 5.41 Å². The molecule has 11 rings (SSSR count). The molecule has 51 heavy (non-hydrogen) atoms. The fraction of sp³-hybridized carbons (Fsp3) is 0.106. The van der Waals surface area contributed by atoms with Crippen LogP contribution in [0.1, 0.15) is 26.3 Å². The largest absolute Gasteiger partial charge is 0.295 e. The van der Waals surface area contributed by atoms with Crippen molar-refractivity contribution in [3.63, 3.8) is 0 Å². The summed E-state index contributed by atoms with van der Waals surface area (Å²) >= 11 is 1.94. The quantitative estimate of drug-likeness (QED) is 0.170. The summed E-state index contributed by atoms with van der Waals surface area (Å²) in [6.45, 7) is 7.24. The first-order valence-electron chi connectivity index (χ1n) is 18.0. The molecule has 0 fully saturated rings. The van der Waals surface area contributed by atoms with E-state index in [1.165, 1.54) is 98.0 Å². The predicted octanol–water partition coefficient (Wildman–Crippen LogP) is 10.4. The Bertz CT molecular complexity index is 2890. The van der Waals surface area contributed by atoms with Crippen molar-refractivity contribution in [3.8, 4) is 27.9 Å². The van der Waals surface area contributed by atoms with Crippen LogP contribution in [0.15, 0.2) is 155 Å². The first-order valence-corrected chi connectivity index (χ1v) is 18.8. The van der Waals surface area contributed by atoms with E-state index in [0.717, 1.165) is 6.42 Å². The van der Waals surface area contributed by atoms with E-state index < -0.39 is 0 Å². The SMILES string of the molecule is CC(C)(C)Cc1c2ccccc2n2c3c4ccccc4cc4c3n(c12)-c1cc(-c2ccccc2)cc2c1B4c1ccc(-c3ccccc3)cc1S2. The zero-order valence-corrected chi connectivity index (χ0v) is 29.8. The second-order valence-corrected chi connectivity index (χ2v) is 16.6. The lowest BCUT2D eigenvalue weighted by atomic mass is 9.35. The Morgan fingerprint density at radius 1 is 0.569 bits per heavy atom. The van der Waals surface area contributed by atoms with Crippen molar-refractivity contribution in [2.75, 3.05) is 0 Å². The van der Waals surface area contributed by atoms with Gasteiger partial charge in [0, 0.05) is 31.8 Å². The summed E-state index contributed by atoms with van der Waals surface area (Å²) in [5, 5.41) is 3.95. The molecular formula is C47H35BN2S. The molecule has 2 nitrogen and oxygen atoms in total. The molecule has 242 valence electrons. The van der Waals surface area contributed by atoms with Crippen LogP contribution in [0.5, 0.6) is 0 Å². The summed E-state index contributed by atoms with van der Waals surface area (Å²) < 4.78 is 5.28. The van der Waals surface area contributed by atoms with Gasteiger partial charge in [-0.15, -0.1) is 0 Å². The molecule has 0 amide bonds. The van der Waals surface area contributed by atoms with Gasteiger partial charge < -0.3 is 0 Å². The maximum Gasteiger partial charge on any atom is 0.249 e. The van der Waals surface area contributed by atoms with Crippen LogP contribution >= 0.6 is 11.8 Å². The van der Waals surface area contributed by atoms with E-state index in [1.54, 1.807) is 0 Å². The molecule has 0 N–H and O–H groups in total. The van der Waals surface area contributed by atoms with Crippen LogP contribution in [0.2, 0.25) is 0 Å². The molecule has 2 aliphatic rings. The summed E-state index contributed by atoms with van der Waals surface area (Å²) in [5.74, 6) is 0. The molecule has 0 unspecified atom stereocenters. The fourth-order valence-corrected chi connectivity index (χ4v) is 10.3. The monoisotopic (exact) mass is 670 g/mol. The highest BCUT2D eigenvalue weighted by atomic mass is 32.2. The van der Waals surface area contributed by atoms with Crippen LogP contribution in [0.4, 0.5) is 0 Å². The van der Waals surface area contributed by atoms with Gasteiger partial charge >= 0.3 is 0 Å². The first-order chi connectivity index (χ1) is 24.9. The third-order valence-corrected chi connectivity index (χ3v) is 12.2. The van der Waals surface area contributed by atoms with E-state index in [4.69, 9.17) is 0 Å². The maximum absolute atomic E-state index is 2.67. The number of nitrogens with zero attached hydrogens (tertiary/aromatic N) is 2. The summed E-state index contributed by atoms with van der Waals surface area (Å²) in [5.41, 5.74) is 17.3. The Labute approximate surface area is 302 Å². The number of hydrogen-bond donors (Lipinski definition) is 0. The minimum absolute atomic E-state index is 0.111. The van der Waals surface area contributed by atoms with Crippen LogP contribution in [-0.4, -0.2) is 15.7 Å². The molecule has 0 atom stereocenters. The van der Waals surface area contributed by atoms with Crippen LogP contribution in [0, 0.1) is 5.41 Å². The van der Waals surface area contributed by atoms with E-state index in [2.05, 4.69) is 175 Å². The molecule has 2 aromatic heterocycles. The van der Waals surface area contributed by atoms with Gasteiger partial charge in [0.25, 0.3) is 0 Å². The van der Waals surface area contributed by atoms with Crippen molar-refractivity contribution >= 4 is 73.2 Å². The van der Waals surface area contributed by atoms with Gasteiger partial charge in [0.2, 0.25) is 6.71 Å². The van der Waals surface area contributed by atoms with Crippen LogP contribution in [0.3, 0.4) is 0 Å². The highest BCUT2D eigenvalue weighted by Gasteiger charge is 2.41. The number of fused-ring (bicyclic) bond motifs is 11. The number of imidazole rings is 1. The molecule has 4 heterocycles. The average Bonchev–Trinajstić information content (AvgIpc) is 3.66. The van der Waals surface area contributed by atoms with Gasteiger partial charge in [0.05, 0.1) is 16.6 Å². The van der Waals surface area contributed by atoms with E-state index in [-0.39, 0.29) is 12.1 Å². The van der Waals surface area contributed by atoms with Gasteiger partial charge in [-0.25, -0.2) is 0 Å². The number of hydrogen-bond acceptors (Lipinski definition) is 1. The van der Waals surface area contributed by atoms with Crippen LogP contribution in [-0.2, 0) is 6.42 Å². The van der Waals surface area contributed by atoms with Crippen molar-refractivity contribution < 1.29 is 0 Å². The lowest BCUT2D eigenvalue weighted by Crippen LogP contribution is -2.58. The van der Waals surface area contributed by atoms with Crippen LogP contribution in [0.25, 0.3) is 66.3 Å². The van der Waals surface area contributed by atoms with E-state index >= 15 is 0 Å². The van der Waals surface area contributed by atoms with E-state index in [1.807, 2.05) is 11.8 Å². The summed E-state index contributed by atoms with van der Waals surface area (Å²) in [4.78, 5) is 2.69. The van der Waals surface area contributed by atoms with Crippen molar-refractivity contribution in [1.29, 1.82) is 0 Å². The Morgan fingerprint density at radius 3 is 2.00 bits per heavy atom. The maximum atomic E-state index is 2.67. The molecule has 0 saturated heterocycles. The minimum Gasteiger partial charge on any atom is -0.295 e. The van der Waals surface area contributed by atoms with Gasteiger partial charge in [0.1, 0.15) is 5.65 Å². The summed E-state index contributed by atoms with van der Waals surface area (Å²) in [6.07, 6.45) is 0.984. The van der Waals surface area contributed by atoms with Gasteiger partial charge in [-0.2, -0.15) is 0 Å². The van der Waals surface area contributed by atoms with Gasteiger partial charge in [-0.1, -0.05) is 159 Å². The predicted molar refractivity (Wildman–Crippen MR) is 218 cm³/mol. The summed E-state index contributed by atoms with van der Waals surface area (Å²) in [7, 11) is 0. The van der Waals surface area contributed by atoms with Gasteiger partial charge in [-0.05, 0) is 74.7 Å². The average molecular weight is 671 g/mol. The molecule has 0 radical (unpaired) electrons. The lowest BCUT2D eigenvalue weighted by molar-refractivity contribution is 0.413. The highest BCUT2D eigenvalue weighted by molar-refractivity contribution is 8.00. The smallest absolute Gasteiger partial charge is 0.249 e. The minimum atomic E-state index is 0.111. The number of rotatable bonds is 3. The highest BCUT2D eigenvalue weighted by Crippen LogP contribution is 2.44. The van der Waals surface area contributed by atoms with E-state index in [0.29, 0.717) is 0 Å². The van der Waals surface area contributed by atoms with Crippen molar-refractivity contribution in [2.45, 2.75) is 37.0 Å². The standard InChI is InChI=1S/C47H35BN2S/c1-47(2,3)28-36-35-20-12-13-21-39(35)49-44-34-19-11-10-18-32(34)24-38-45(44)50(46(36)49)40-25-33(30-16-8-5-9-17-30)27-42-43(40)48(38)37-23-22-31(26-41(37)51-42)29-14-6-4-7-15-29/h4-27H,28H2,1-3H3. The number of benzene rings is 7. The third kappa shape index (κ3) is 4.20. The zero-order chi connectivity index (χ0) is 34.0. The Kier molecular flexibility index (Phi) is 6.05. The van der Waals surface area contributed by atoms with E-state index in [9.17, 15) is 0 Å². The molecule has 2 aliphatic heterocycles. The van der Waals surface area contributed by atoms with Crippen LogP contribution < -0.4 is 16.4 Å². The van der Waals surface area contributed by atoms with Gasteiger partial charge in [-0.3, -0.25) is 8.97 Å². The molecule has 7 aromatic carbocycles. The number of para-hydroxylation sites is 1. The van der Waals surface area contributed by atoms with Crippen molar-refractivity contribution in [3.05, 3.63) is 151 Å². The van der Waals surface area contributed by atoms with Gasteiger partial charge in [0.15, 0.2) is 0 Å². The molecule has 0 saturated carbocycles. The normalized spacial score (nSPS) is 13.4. The fourth-order valence-electron chi connectivity index (χ4n) is 9.06. The second kappa shape index (κ2) is 10.5. The topological polar surface area (TPSA) is 9.34 Å². The molecular weight excluding hydrogens is 635 g/mol. The summed E-state index contributed by atoms with van der Waals surface area (Å²) in [6, 6.07) is 54.5. The Balaban J connectivity index is 1.34. The molecule has 4 heteroatoms. The Morgan fingerprint density at radius 2 is 1.24 bits per heavy atom. The van der Waals surface area contributed by atoms with Crippen molar-refractivity contribution in [1.82, 2.24) is 8.97 Å². The molecule has 0 bridgehead atoms. The molecule has 9 aromatic rings. The third-order valence-electron chi connectivity index (χ3n) is 11.1. The second-order valence-electron chi connectivity index (χ2n) is 15.5. The number of aromatic nitrogens is 2.